The number of alkyl halides is 6. The fraction of sp³-hybridized carbons (Fsp3) is 0.500. The van der Waals surface area contributed by atoms with Gasteiger partial charge in [-0.05, 0) is 30.5 Å². The molecule has 1 nitrogen and oxygen atoms in total. The molecule has 0 spiro atoms. The molecule has 112 valence electrons. The smallest absolute Gasteiger partial charge is 0.374 e. The number of hydrogen-bond acceptors (Lipinski definition) is 1. The van der Waals surface area contributed by atoms with Gasteiger partial charge in [0.1, 0.15) is 0 Å². The standard InChI is InChI=1S/C12H9ClF6O/c13-10-7(11(14,15)16)4-6(9-2-1-3-20-9)5-8(10)12(17,18)19/h4-5,9H,1-3H2. The summed E-state index contributed by atoms with van der Waals surface area (Å²) >= 11 is 5.28. The summed E-state index contributed by atoms with van der Waals surface area (Å²) < 4.78 is 81.9. The second-order valence-corrected chi connectivity index (χ2v) is 4.81. The summed E-state index contributed by atoms with van der Waals surface area (Å²) in [5.41, 5.74) is -3.12. The van der Waals surface area contributed by atoms with Crippen LogP contribution in [0.3, 0.4) is 0 Å². The molecule has 0 radical (unpaired) electrons. The summed E-state index contributed by atoms with van der Waals surface area (Å²) in [6.45, 7) is 0.315. The number of rotatable bonds is 1. The first-order chi connectivity index (χ1) is 9.10. The predicted octanol–water partition coefficient (Wildman–Crippen LogP) is 5.23. The summed E-state index contributed by atoms with van der Waals surface area (Å²) in [4.78, 5) is 0. The van der Waals surface area contributed by atoms with Crippen molar-refractivity contribution in [3.63, 3.8) is 0 Å². The van der Waals surface area contributed by atoms with Crippen LogP contribution in [0.1, 0.15) is 35.6 Å². The third-order valence-corrected chi connectivity index (χ3v) is 3.41. The first-order valence-electron chi connectivity index (χ1n) is 5.70. The molecular weight excluding hydrogens is 310 g/mol. The maximum Gasteiger partial charge on any atom is 0.417 e. The van der Waals surface area contributed by atoms with E-state index >= 15 is 0 Å². The second kappa shape index (κ2) is 5.11. The van der Waals surface area contributed by atoms with Crippen LogP contribution in [0.4, 0.5) is 26.3 Å². The van der Waals surface area contributed by atoms with E-state index in [0.717, 1.165) is 0 Å². The minimum atomic E-state index is -4.95. The molecule has 1 aromatic carbocycles. The fourth-order valence-corrected chi connectivity index (χ4v) is 2.41. The van der Waals surface area contributed by atoms with E-state index < -0.39 is 34.6 Å². The summed E-state index contributed by atoms with van der Waals surface area (Å²) in [6.07, 6.45) is -9.68. The van der Waals surface area contributed by atoms with Crippen LogP contribution in [-0.4, -0.2) is 6.61 Å². The first-order valence-corrected chi connectivity index (χ1v) is 6.08. The molecule has 1 fully saturated rings. The third kappa shape index (κ3) is 3.03. The van der Waals surface area contributed by atoms with Gasteiger partial charge in [-0.25, -0.2) is 0 Å². The molecule has 0 bridgehead atoms. The second-order valence-electron chi connectivity index (χ2n) is 4.43. The highest BCUT2D eigenvalue weighted by Crippen LogP contribution is 2.44. The highest BCUT2D eigenvalue weighted by atomic mass is 35.5. The largest absolute Gasteiger partial charge is 0.417 e. The van der Waals surface area contributed by atoms with Gasteiger partial charge in [-0.3, -0.25) is 0 Å². The Hall–Kier alpha value is -0.950. The monoisotopic (exact) mass is 318 g/mol. The van der Waals surface area contributed by atoms with Crippen molar-refractivity contribution in [2.75, 3.05) is 6.61 Å². The summed E-state index contributed by atoms with van der Waals surface area (Å²) in [5, 5.41) is -1.33. The molecule has 1 aliphatic heterocycles. The molecule has 20 heavy (non-hydrogen) atoms. The lowest BCUT2D eigenvalue weighted by atomic mass is 9.99. The Morgan fingerprint density at radius 1 is 1.00 bits per heavy atom. The van der Waals surface area contributed by atoms with Gasteiger partial charge < -0.3 is 4.74 Å². The van der Waals surface area contributed by atoms with E-state index in [-0.39, 0.29) is 5.56 Å². The van der Waals surface area contributed by atoms with Gasteiger partial charge in [0.2, 0.25) is 0 Å². The van der Waals surface area contributed by atoms with Crippen LogP contribution >= 0.6 is 11.6 Å². The minimum Gasteiger partial charge on any atom is -0.374 e. The topological polar surface area (TPSA) is 9.23 Å². The highest BCUT2D eigenvalue weighted by Gasteiger charge is 2.41. The SMILES string of the molecule is FC(F)(F)c1cc(C2CCCO2)cc(C(F)(F)F)c1Cl. The van der Waals surface area contributed by atoms with Crippen LogP contribution in [0.25, 0.3) is 0 Å². The third-order valence-electron chi connectivity index (χ3n) is 3.01. The normalized spacial score (nSPS) is 20.4. The highest BCUT2D eigenvalue weighted by molar-refractivity contribution is 6.32. The molecule has 1 heterocycles. The van der Waals surface area contributed by atoms with E-state index in [0.29, 0.717) is 31.6 Å². The van der Waals surface area contributed by atoms with Gasteiger partial charge in [0, 0.05) is 6.61 Å². The lowest BCUT2D eigenvalue weighted by Crippen LogP contribution is -2.14. The zero-order chi connectivity index (χ0) is 15.1. The number of ether oxygens (including phenoxy) is 1. The van der Waals surface area contributed by atoms with Crippen LogP contribution in [-0.2, 0) is 17.1 Å². The van der Waals surface area contributed by atoms with E-state index in [4.69, 9.17) is 16.3 Å². The molecule has 2 rings (SSSR count). The Morgan fingerprint density at radius 3 is 1.85 bits per heavy atom. The molecule has 8 heteroatoms. The lowest BCUT2D eigenvalue weighted by molar-refractivity contribution is -0.143. The Kier molecular flexibility index (Phi) is 3.94. The van der Waals surface area contributed by atoms with Crippen LogP contribution in [0, 0.1) is 0 Å². The van der Waals surface area contributed by atoms with Crippen molar-refractivity contribution in [2.24, 2.45) is 0 Å². The van der Waals surface area contributed by atoms with Crippen LogP contribution in [0.5, 0.6) is 0 Å². The molecule has 0 aromatic heterocycles. The quantitative estimate of drug-likeness (QED) is 0.644. The van der Waals surface area contributed by atoms with Gasteiger partial charge in [-0.15, -0.1) is 0 Å². The van der Waals surface area contributed by atoms with E-state index in [1.807, 2.05) is 0 Å². The fourth-order valence-electron chi connectivity index (χ4n) is 2.09. The van der Waals surface area contributed by atoms with Gasteiger partial charge in [-0.1, -0.05) is 11.6 Å². The molecular formula is C12H9ClF6O. The van der Waals surface area contributed by atoms with Gasteiger partial charge in [0.25, 0.3) is 0 Å². The Balaban J connectivity index is 2.60. The maximum absolute atomic E-state index is 12.8. The average Bonchev–Trinajstić information content (AvgIpc) is 2.79. The van der Waals surface area contributed by atoms with E-state index in [2.05, 4.69) is 0 Å². The van der Waals surface area contributed by atoms with E-state index in [1.165, 1.54) is 0 Å². The van der Waals surface area contributed by atoms with Crippen molar-refractivity contribution in [2.45, 2.75) is 31.3 Å². The average molecular weight is 319 g/mol. The molecule has 0 aliphatic carbocycles. The predicted molar refractivity (Wildman–Crippen MR) is 59.4 cm³/mol. The summed E-state index contributed by atoms with van der Waals surface area (Å²) in [7, 11) is 0. The van der Waals surface area contributed by atoms with Gasteiger partial charge in [-0.2, -0.15) is 26.3 Å². The number of benzene rings is 1. The first kappa shape index (κ1) is 15.4. The van der Waals surface area contributed by atoms with Crippen molar-refractivity contribution in [3.05, 3.63) is 33.8 Å². The maximum atomic E-state index is 12.8. The Morgan fingerprint density at radius 2 is 1.50 bits per heavy atom. The van der Waals surface area contributed by atoms with Crippen molar-refractivity contribution in [3.8, 4) is 0 Å². The molecule has 1 aromatic rings. The van der Waals surface area contributed by atoms with Gasteiger partial charge in [0.05, 0.1) is 22.3 Å². The number of hydrogen-bond donors (Lipinski definition) is 0. The number of halogens is 7. The zero-order valence-electron chi connectivity index (χ0n) is 9.91. The van der Waals surface area contributed by atoms with Crippen LogP contribution in [0.15, 0.2) is 12.1 Å². The van der Waals surface area contributed by atoms with E-state index in [9.17, 15) is 26.3 Å². The Labute approximate surface area is 115 Å². The van der Waals surface area contributed by atoms with Gasteiger partial charge in [0.15, 0.2) is 0 Å². The molecule has 0 saturated carbocycles. The van der Waals surface area contributed by atoms with Crippen LogP contribution in [0.2, 0.25) is 5.02 Å². The van der Waals surface area contributed by atoms with Crippen LogP contribution < -0.4 is 0 Å². The van der Waals surface area contributed by atoms with E-state index in [1.54, 1.807) is 0 Å². The molecule has 1 unspecified atom stereocenters. The molecule has 0 N–H and O–H groups in total. The lowest BCUT2D eigenvalue weighted by Gasteiger charge is -2.19. The summed E-state index contributed by atoms with van der Waals surface area (Å²) in [5.74, 6) is 0. The van der Waals surface area contributed by atoms with Crippen molar-refractivity contribution in [1.82, 2.24) is 0 Å². The molecule has 0 amide bonds. The van der Waals surface area contributed by atoms with Crippen molar-refractivity contribution in [1.29, 1.82) is 0 Å². The minimum absolute atomic E-state index is 0.147. The summed E-state index contributed by atoms with van der Waals surface area (Å²) in [6, 6.07) is 1.26. The molecule has 1 saturated heterocycles. The van der Waals surface area contributed by atoms with Gasteiger partial charge >= 0.3 is 12.4 Å². The molecule has 1 atom stereocenters. The molecule has 1 aliphatic rings. The Bertz CT molecular complexity index is 467. The zero-order valence-corrected chi connectivity index (χ0v) is 10.7. The van der Waals surface area contributed by atoms with Crippen molar-refractivity contribution >= 4 is 11.6 Å². The van der Waals surface area contributed by atoms with Crippen molar-refractivity contribution < 1.29 is 31.1 Å².